The van der Waals surface area contributed by atoms with Crippen molar-refractivity contribution in [3.05, 3.63) is 11.3 Å². The van der Waals surface area contributed by atoms with E-state index in [1.807, 2.05) is 0 Å². The molecule has 4 nitrogen and oxygen atoms in total. The van der Waals surface area contributed by atoms with Crippen LogP contribution in [0.5, 0.6) is 0 Å². The monoisotopic (exact) mass is 196 g/mol. The second kappa shape index (κ2) is 2.75. The molecule has 1 rings (SSSR count). The zero-order valence-corrected chi connectivity index (χ0v) is 6.01. The van der Waals surface area contributed by atoms with Gasteiger partial charge in [0.15, 0.2) is 12.2 Å². The van der Waals surface area contributed by atoms with Gasteiger partial charge in [0, 0.05) is 0 Å². The number of Topliss-reactive ketones (excluding diaryl/α,β-unsaturated/α-hetero) is 1. The molecule has 0 amide bonds. The average molecular weight is 196 g/mol. The van der Waals surface area contributed by atoms with Crippen molar-refractivity contribution in [1.29, 1.82) is 0 Å². The molecule has 0 aromatic carbocycles. The van der Waals surface area contributed by atoms with Crippen LogP contribution in [-0.4, -0.2) is 29.6 Å². The normalized spacial score (nSPS) is 21.8. The number of aliphatic hydroxyl groups is 1. The molecule has 1 heterocycles. The van der Waals surface area contributed by atoms with Crippen molar-refractivity contribution in [3.8, 4) is 0 Å². The molecule has 0 radical (unpaired) electrons. The number of cyclic esters (lactones) is 1. The van der Waals surface area contributed by atoms with Crippen LogP contribution in [-0.2, 0) is 14.3 Å². The standard InChI is InChI=1S/C6H3F3O4/c7-6(8,9)4(11)3-2(10)1-13-5(3)12/h11H,1H2. The molecule has 0 unspecified atom stereocenters. The van der Waals surface area contributed by atoms with Crippen LogP contribution in [0.3, 0.4) is 0 Å². The van der Waals surface area contributed by atoms with E-state index in [1.165, 1.54) is 0 Å². The Labute approximate surface area is 69.6 Å². The Kier molecular flexibility index (Phi) is 2.02. The summed E-state index contributed by atoms with van der Waals surface area (Å²) >= 11 is 0. The third-order valence-corrected chi connectivity index (χ3v) is 1.32. The van der Waals surface area contributed by atoms with Gasteiger partial charge in [-0.3, -0.25) is 4.79 Å². The van der Waals surface area contributed by atoms with E-state index >= 15 is 0 Å². The van der Waals surface area contributed by atoms with Crippen molar-refractivity contribution in [3.63, 3.8) is 0 Å². The number of hydrogen-bond donors (Lipinski definition) is 1. The van der Waals surface area contributed by atoms with Gasteiger partial charge in [-0.1, -0.05) is 0 Å². The van der Waals surface area contributed by atoms with Gasteiger partial charge in [-0.2, -0.15) is 13.2 Å². The largest absolute Gasteiger partial charge is 0.504 e. The molecule has 1 aliphatic heterocycles. The summed E-state index contributed by atoms with van der Waals surface area (Å²) in [5.41, 5.74) is -1.33. The molecule has 72 valence electrons. The zero-order chi connectivity index (χ0) is 10.2. The molecule has 0 saturated carbocycles. The molecule has 1 aliphatic rings. The molecule has 1 N–H and O–H groups in total. The number of aliphatic hydroxyl groups excluding tert-OH is 1. The fourth-order valence-corrected chi connectivity index (χ4v) is 0.760. The smallest absolute Gasteiger partial charge is 0.449 e. The number of ether oxygens (including phenoxy) is 1. The molecular weight excluding hydrogens is 193 g/mol. The van der Waals surface area contributed by atoms with E-state index in [4.69, 9.17) is 5.11 Å². The van der Waals surface area contributed by atoms with E-state index in [1.54, 1.807) is 0 Å². The van der Waals surface area contributed by atoms with Gasteiger partial charge in [0.1, 0.15) is 0 Å². The molecule has 13 heavy (non-hydrogen) atoms. The van der Waals surface area contributed by atoms with Gasteiger partial charge in [-0.05, 0) is 0 Å². The first kappa shape index (κ1) is 9.56. The van der Waals surface area contributed by atoms with Gasteiger partial charge < -0.3 is 9.84 Å². The predicted octanol–water partition coefficient (Wildman–Crippen LogP) is 0.487. The van der Waals surface area contributed by atoms with Gasteiger partial charge in [-0.25, -0.2) is 4.79 Å². The summed E-state index contributed by atoms with van der Waals surface area (Å²) < 4.78 is 39.3. The van der Waals surface area contributed by atoms with Crippen LogP contribution >= 0.6 is 0 Å². The first-order valence-corrected chi connectivity index (χ1v) is 3.05. The van der Waals surface area contributed by atoms with Crippen LogP contribution in [0.1, 0.15) is 0 Å². The van der Waals surface area contributed by atoms with E-state index in [-0.39, 0.29) is 0 Å². The lowest BCUT2D eigenvalue weighted by Gasteiger charge is -2.04. The molecular formula is C6H3F3O4. The highest BCUT2D eigenvalue weighted by atomic mass is 19.4. The summed E-state index contributed by atoms with van der Waals surface area (Å²) in [7, 11) is 0. The molecule has 0 spiro atoms. The highest BCUT2D eigenvalue weighted by Gasteiger charge is 2.44. The molecule has 0 aliphatic carbocycles. The van der Waals surface area contributed by atoms with Crippen LogP contribution in [0.25, 0.3) is 0 Å². The molecule has 0 aromatic rings. The number of allylic oxidation sites excluding steroid dienone is 1. The molecule has 1 saturated heterocycles. The van der Waals surface area contributed by atoms with E-state index in [0.717, 1.165) is 0 Å². The molecule has 0 bridgehead atoms. The van der Waals surface area contributed by atoms with Gasteiger partial charge in [0.05, 0.1) is 0 Å². The summed E-state index contributed by atoms with van der Waals surface area (Å²) in [5, 5.41) is 8.46. The second-order valence-electron chi connectivity index (χ2n) is 2.22. The third kappa shape index (κ3) is 1.63. The van der Waals surface area contributed by atoms with Crippen molar-refractivity contribution in [2.24, 2.45) is 0 Å². The van der Waals surface area contributed by atoms with Gasteiger partial charge >= 0.3 is 12.1 Å². The minimum atomic E-state index is -5.10. The minimum absolute atomic E-state index is 0.756. The van der Waals surface area contributed by atoms with Crippen LogP contribution < -0.4 is 0 Å². The van der Waals surface area contributed by atoms with E-state index < -0.39 is 35.9 Å². The van der Waals surface area contributed by atoms with E-state index in [2.05, 4.69) is 4.74 Å². The second-order valence-corrected chi connectivity index (χ2v) is 2.22. The van der Waals surface area contributed by atoms with Crippen molar-refractivity contribution in [1.82, 2.24) is 0 Å². The van der Waals surface area contributed by atoms with Crippen LogP contribution in [0.4, 0.5) is 13.2 Å². The Morgan fingerprint density at radius 3 is 2.23 bits per heavy atom. The number of rotatable bonds is 0. The first-order valence-electron chi connectivity index (χ1n) is 3.05. The Bertz CT molecular complexity index is 283. The maximum atomic E-state index is 11.8. The van der Waals surface area contributed by atoms with Crippen LogP contribution in [0, 0.1) is 0 Å². The lowest BCUT2D eigenvalue weighted by atomic mass is 10.2. The van der Waals surface area contributed by atoms with E-state index in [0.29, 0.717) is 0 Å². The predicted molar refractivity (Wildman–Crippen MR) is 31.7 cm³/mol. The summed E-state index contributed by atoms with van der Waals surface area (Å²) in [6, 6.07) is 0. The summed E-state index contributed by atoms with van der Waals surface area (Å²) in [6.45, 7) is -0.756. The Balaban J connectivity index is 3.17. The summed E-state index contributed by atoms with van der Waals surface area (Å²) in [6.07, 6.45) is -5.10. The van der Waals surface area contributed by atoms with Crippen molar-refractivity contribution < 1.29 is 32.6 Å². The first-order chi connectivity index (χ1) is 5.84. The number of carbonyl (C=O) groups excluding carboxylic acids is 2. The summed E-state index contributed by atoms with van der Waals surface area (Å²) in [4.78, 5) is 21.1. The number of hydrogen-bond acceptors (Lipinski definition) is 4. The number of ketones is 1. The third-order valence-electron chi connectivity index (χ3n) is 1.32. The molecule has 0 aromatic heterocycles. The van der Waals surface area contributed by atoms with Gasteiger partial charge in [0.25, 0.3) is 0 Å². The van der Waals surface area contributed by atoms with Gasteiger partial charge in [0.2, 0.25) is 11.5 Å². The number of halogens is 3. The topological polar surface area (TPSA) is 63.6 Å². The minimum Gasteiger partial charge on any atom is -0.504 e. The summed E-state index contributed by atoms with van der Waals surface area (Å²) in [5.74, 6) is -4.81. The van der Waals surface area contributed by atoms with Gasteiger partial charge in [-0.15, -0.1) is 0 Å². The lowest BCUT2D eigenvalue weighted by molar-refractivity contribution is -0.138. The maximum Gasteiger partial charge on any atom is 0.449 e. The van der Waals surface area contributed by atoms with Crippen molar-refractivity contribution in [2.75, 3.05) is 6.61 Å². The quantitative estimate of drug-likeness (QED) is 0.265. The number of alkyl halides is 3. The fourth-order valence-electron chi connectivity index (χ4n) is 0.760. The highest BCUT2D eigenvalue weighted by Crippen LogP contribution is 2.28. The van der Waals surface area contributed by atoms with Crippen molar-refractivity contribution in [2.45, 2.75) is 6.18 Å². The highest BCUT2D eigenvalue weighted by molar-refractivity contribution is 6.22. The molecule has 7 heteroatoms. The Morgan fingerprint density at radius 1 is 1.38 bits per heavy atom. The molecule has 1 fully saturated rings. The van der Waals surface area contributed by atoms with Crippen LogP contribution in [0.2, 0.25) is 0 Å². The van der Waals surface area contributed by atoms with E-state index in [9.17, 15) is 22.8 Å². The average Bonchev–Trinajstić information content (AvgIpc) is 2.28. The lowest BCUT2D eigenvalue weighted by Crippen LogP contribution is -2.18. The van der Waals surface area contributed by atoms with Crippen molar-refractivity contribution >= 4 is 11.8 Å². The maximum absolute atomic E-state index is 11.8. The SMILES string of the molecule is O=C1COC(=O)C1=C(O)C(F)(F)F. The fraction of sp³-hybridized carbons (Fsp3) is 0.333. The zero-order valence-electron chi connectivity index (χ0n) is 6.01. The Morgan fingerprint density at radius 2 is 1.92 bits per heavy atom. The van der Waals surface area contributed by atoms with Crippen LogP contribution in [0.15, 0.2) is 11.3 Å². The molecule has 0 atom stereocenters. The number of carbonyl (C=O) groups is 2. The number of esters is 1. The Hall–Kier alpha value is -1.53.